The van der Waals surface area contributed by atoms with Crippen LogP contribution in [0, 0.1) is 11.3 Å². The third-order valence-electron chi connectivity index (χ3n) is 5.32. The molecular formula is C24H29NO5S. The quantitative estimate of drug-likeness (QED) is 0.493. The predicted molar refractivity (Wildman–Crippen MR) is 122 cm³/mol. The summed E-state index contributed by atoms with van der Waals surface area (Å²) in [5.74, 6) is 3.05. The Hall–Kier alpha value is -2.72. The van der Waals surface area contributed by atoms with Crippen molar-refractivity contribution in [1.29, 1.82) is 5.26 Å². The van der Waals surface area contributed by atoms with Gasteiger partial charge >= 0.3 is 0 Å². The van der Waals surface area contributed by atoms with Gasteiger partial charge < -0.3 is 23.7 Å². The fraction of sp³-hybridized carbons (Fsp3) is 0.458. The molecule has 0 N–H and O–H groups in total. The fourth-order valence-corrected chi connectivity index (χ4v) is 5.34. The highest BCUT2D eigenvalue weighted by molar-refractivity contribution is 8.00. The molecule has 166 valence electrons. The Morgan fingerprint density at radius 3 is 1.81 bits per heavy atom. The van der Waals surface area contributed by atoms with Gasteiger partial charge in [-0.25, -0.2) is 0 Å². The molecule has 1 heterocycles. The van der Waals surface area contributed by atoms with E-state index in [0.29, 0.717) is 40.9 Å². The molecule has 3 rings (SSSR count). The monoisotopic (exact) mass is 443 g/mol. The third-order valence-corrected chi connectivity index (χ3v) is 6.99. The number of hydrogen-bond acceptors (Lipinski definition) is 7. The van der Waals surface area contributed by atoms with Crippen molar-refractivity contribution < 1.29 is 23.7 Å². The molecule has 6 nitrogen and oxygen atoms in total. The van der Waals surface area contributed by atoms with Gasteiger partial charge in [-0.3, -0.25) is 0 Å². The Kier molecular flexibility index (Phi) is 7.80. The smallest absolute Gasteiger partial charge is 0.203 e. The molecule has 0 aromatic heterocycles. The maximum atomic E-state index is 9.67. The van der Waals surface area contributed by atoms with Crippen LogP contribution < -0.4 is 23.7 Å². The number of rotatable bonds is 9. The second kappa shape index (κ2) is 10.5. The van der Waals surface area contributed by atoms with Gasteiger partial charge in [0.25, 0.3) is 0 Å². The summed E-state index contributed by atoms with van der Waals surface area (Å²) in [6.45, 7) is 2.58. The van der Waals surface area contributed by atoms with Gasteiger partial charge in [-0.1, -0.05) is 6.92 Å². The van der Waals surface area contributed by atoms with E-state index in [-0.39, 0.29) is 10.5 Å². The highest BCUT2D eigenvalue weighted by Crippen LogP contribution is 2.55. The number of hydrogen-bond donors (Lipinski definition) is 0. The van der Waals surface area contributed by atoms with Crippen LogP contribution in [-0.4, -0.2) is 35.0 Å². The summed E-state index contributed by atoms with van der Waals surface area (Å²) in [4.78, 5) is 0. The van der Waals surface area contributed by atoms with E-state index >= 15 is 0 Å². The first-order valence-electron chi connectivity index (χ1n) is 10.3. The molecule has 2 atom stereocenters. The SMILES string of the molecule is CCCOc1c(C#N)cc(C2CCC(c3cc(OC)c(OC)c(OC)c3)S2)cc1OC. The van der Waals surface area contributed by atoms with Crippen molar-refractivity contribution in [2.24, 2.45) is 0 Å². The van der Waals surface area contributed by atoms with Crippen molar-refractivity contribution in [3.05, 3.63) is 41.0 Å². The molecule has 1 saturated heterocycles. The van der Waals surface area contributed by atoms with Crippen molar-refractivity contribution in [3.8, 4) is 34.8 Å². The van der Waals surface area contributed by atoms with Crippen LogP contribution in [0.3, 0.4) is 0 Å². The van der Waals surface area contributed by atoms with E-state index in [9.17, 15) is 5.26 Å². The van der Waals surface area contributed by atoms with Crippen LogP contribution >= 0.6 is 11.8 Å². The Morgan fingerprint density at radius 2 is 1.35 bits per heavy atom. The molecule has 7 heteroatoms. The zero-order chi connectivity index (χ0) is 22.4. The van der Waals surface area contributed by atoms with Crippen LogP contribution in [0.4, 0.5) is 0 Å². The maximum absolute atomic E-state index is 9.67. The van der Waals surface area contributed by atoms with E-state index in [1.54, 1.807) is 28.4 Å². The van der Waals surface area contributed by atoms with Gasteiger partial charge in [-0.05, 0) is 54.7 Å². The standard InChI is InChI=1S/C24H29NO5S/c1-6-9-30-23-17(14-25)10-15(11-18(23)26-2)21-7-8-22(31-21)16-12-19(27-3)24(29-5)20(13-16)28-4/h10-13,21-22H,6-9H2,1-5H3. The minimum absolute atomic E-state index is 0.255. The van der Waals surface area contributed by atoms with Gasteiger partial charge in [0.2, 0.25) is 5.75 Å². The van der Waals surface area contributed by atoms with Crippen LogP contribution in [0.2, 0.25) is 0 Å². The molecule has 1 aliphatic heterocycles. The van der Waals surface area contributed by atoms with Gasteiger partial charge in [0, 0.05) is 10.5 Å². The van der Waals surface area contributed by atoms with Crippen LogP contribution in [0.25, 0.3) is 0 Å². The molecule has 0 aliphatic carbocycles. The summed E-state index contributed by atoms with van der Waals surface area (Å²) in [5.41, 5.74) is 2.73. The summed E-state index contributed by atoms with van der Waals surface area (Å²) >= 11 is 1.87. The number of nitrogens with zero attached hydrogens (tertiary/aromatic N) is 1. The van der Waals surface area contributed by atoms with Gasteiger partial charge in [0.15, 0.2) is 23.0 Å². The van der Waals surface area contributed by atoms with Crippen molar-refractivity contribution in [3.63, 3.8) is 0 Å². The fourth-order valence-electron chi connectivity index (χ4n) is 3.81. The summed E-state index contributed by atoms with van der Waals surface area (Å²) in [6, 6.07) is 10.2. The molecule has 1 fully saturated rings. The predicted octanol–water partition coefficient (Wildman–Crippen LogP) is 5.69. The van der Waals surface area contributed by atoms with E-state index in [1.807, 2.05) is 43.0 Å². The Morgan fingerprint density at radius 1 is 0.839 bits per heavy atom. The van der Waals surface area contributed by atoms with Gasteiger partial charge in [0.1, 0.15) is 6.07 Å². The molecule has 0 amide bonds. The first kappa shape index (κ1) is 23.0. The molecule has 0 radical (unpaired) electrons. The molecule has 0 bridgehead atoms. The molecule has 0 saturated carbocycles. The molecular weight excluding hydrogens is 414 g/mol. The average molecular weight is 444 g/mol. The van der Waals surface area contributed by atoms with E-state index in [2.05, 4.69) is 6.07 Å². The van der Waals surface area contributed by atoms with Gasteiger partial charge in [-0.15, -0.1) is 11.8 Å². The Balaban J connectivity index is 1.88. The summed E-state index contributed by atoms with van der Waals surface area (Å²) < 4.78 is 27.8. The minimum atomic E-state index is 0.255. The molecule has 2 aromatic carbocycles. The molecule has 2 unspecified atom stereocenters. The largest absolute Gasteiger partial charge is 0.493 e. The highest BCUT2D eigenvalue weighted by Gasteiger charge is 2.30. The maximum Gasteiger partial charge on any atom is 0.203 e. The van der Waals surface area contributed by atoms with E-state index in [0.717, 1.165) is 30.4 Å². The van der Waals surface area contributed by atoms with E-state index in [1.165, 1.54) is 0 Å². The number of ether oxygens (including phenoxy) is 5. The lowest BCUT2D eigenvalue weighted by Gasteiger charge is -2.18. The molecule has 1 aliphatic rings. The van der Waals surface area contributed by atoms with Crippen molar-refractivity contribution >= 4 is 11.8 Å². The number of methoxy groups -OCH3 is 4. The summed E-state index contributed by atoms with van der Waals surface area (Å²) in [5, 5.41) is 10.2. The number of nitriles is 1. The van der Waals surface area contributed by atoms with Crippen molar-refractivity contribution in [2.75, 3.05) is 35.0 Å². The van der Waals surface area contributed by atoms with Crippen LogP contribution in [-0.2, 0) is 0 Å². The van der Waals surface area contributed by atoms with Crippen molar-refractivity contribution in [2.45, 2.75) is 36.7 Å². The Labute approximate surface area is 188 Å². The average Bonchev–Trinajstić information content (AvgIpc) is 3.31. The summed E-state index contributed by atoms with van der Waals surface area (Å²) in [7, 11) is 6.47. The number of thioether (sulfide) groups is 1. The highest BCUT2D eigenvalue weighted by atomic mass is 32.2. The zero-order valence-electron chi connectivity index (χ0n) is 18.7. The lowest BCUT2D eigenvalue weighted by atomic mass is 10.0. The van der Waals surface area contributed by atoms with E-state index in [4.69, 9.17) is 23.7 Å². The summed E-state index contributed by atoms with van der Waals surface area (Å²) in [6.07, 6.45) is 2.87. The molecule has 2 aromatic rings. The molecule has 31 heavy (non-hydrogen) atoms. The molecule has 0 spiro atoms. The number of benzene rings is 2. The second-order valence-electron chi connectivity index (χ2n) is 7.21. The van der Waals surface area contributed by atoms with Gasteiger partial charge in [-0.2, -0.15) is 5.26 Å². The third kappa shape index (κ3) is 4.80. The topological polar surface area (TPSA) is 69.9 Å². The van der Waals surface area contributed by atoms with Gasteiger partial charge in [0.05, 0.1) is 40.6 Å². The lowest BCUT2D eigenvalue weighted by Crippen LogP contribution is -2.02. The first-order valence-corrected chi connectivity index (χ1v) is 11.2. The second-order valence-corrected chi connectivity index (χ2v) is 8.62. The first-order chi connectivity index (χ1) is 15.1. The van der Waals surface area contributed by atoms with E-state index < -0.39 is 0 Å². The van der Waals surface area contributed by atoms with Crippen LogP contribution in [0.1, 0.15) is 53.4 Å². The minimum Gasteiger partial charge on any atom is -0.493 e. The van der Waals surface area contributed by atoms with Crippen LogP contribution in [0.15, 0.2) is 24.3 Å². The normalized spacial score (nSPS) is 17.7. The Bertz CT molecular complexity index is 931. The zero-order valence-corrected chi connectivity index (χ0v) is 19.5. The van der Waals surface area contributed by atoms with Crippen molar-refractivity contribution in [1.82, 2.24) is 0 Å². The lowest BCUT2D eigenvalue weighted by molar-refractivity contribution is 0.293. The van der Waals surface area contributed by atoms with Crippen LogP contribution in [0.5, 0.6) is 28.7 Å².